The number of nitrogens with two attached hydrogens (primary N) is 1. The fourth-order valence-electron chi connectivity index (χ4n) is 2.41. The van der Waals surface area contributed by atoms with Crippen molar-refractivity contribution in [3.8, 4) is 0 Å². The van der Waals surface area contributed by atoms with Crippen LogP contribution in [0.2, 0.25) is 0 Å². The predicted molar refractivity (Wildman–Crippen MR) is 76.2 cm³/mol. The molecule has 1 heterocycles. The van der Waals surface area contributed by atoms with Gasteiger partial charge in [0.1, 0.15) is 10.7 Å². The quantitative estimate of drug-likeness (QED) is 0.797. The summed E-state index contributed by atoms with van der Waals surface area (Å²) in [5.41, 5.74) is 5.62. The fraction of sp³-hybridized carbons (Fsp3) is 0.538. The second-order valence-corrected chi connectivity index (χ2v) is 6.83. The predicted octanol–water partition coefficient (Wildman–Crippen LogP) is 1.03. The van der Waals surface area contributed by atoms with Crippen LogP contribution in [-0.2, 0) is 10.0 Å². The van der Waals surface area contributed by atoms with E-state index in [0.29, 0.717) is 6.54 Å². The van der Waals surface area contributed by atoms with Gasteiger partial charge in [-0.25, -0.2) is 17.5 Å². The summed E-state index contributed by atoms with van der Waals surface area (Å²) in [5, 5.41) is 0. The molecule has 112 valence electrons. The fourth-order valence-corrected chi connectivity index (χ4v) is 3.58. The molecule has 1 atom stereocenters. The van der Waals surface area contributed by atoms with Crippen LogP contribution in [0.3, 0.4) is 0 Å². The Hall–Kier alpha value is -1.18. The van der Waals surface area contributed by atoms with E-state index >= 15 is 0 Å². The van der Waals surface area contributed by atoms with Crippen molar-refractivity contribution in [2.45, 2.75) is 18.2 Å². The summed E-state index contributed by atoms with van der Waals surface area (Å²) in [6, 6.07) is 3.59. The SMILES string of the molecule is CCN1CCC(CNS(=O)(=O)c2ccc(N)cc2F)C1. The number of hydrogen-bond donors (Lipinski definition) is 2. The minimum absolute atomic E-state index is 0.204. The summed E-state index contributed by atoms with van der Waals surface area (Å²) < 4.78 is 40.3. The van der Waals surface area contributed by atoms with E-state index in [2.05, 4.69) is 16.5 Å². The molecule has 0 amide bonds. The monoisotopic (exact) mass is 301 g/mol. The zero-order valence-corrected chi connectivity index (χ0v) is 12.3. The third-order valence-electron chi connectivity index (χ3n) is 3.62. The lowest BCUT2D eigenvalue weighted by atomic mass is 10.1. The number of sulfonamides is 1. The normalized spacial score (nSPS) is 20.4. The molecule has 0 aromatic heterocycles. The number of nitrogens with one attached hydrogen (secondary N) is 1. The molecule has 0 radical (unpaired) electrons. The first kappa shape index (κ1) is 15.2. The smallest absolute Gasteiger partial charge is 0.243 e. The van der Waals surface area contributed by atoms with Gasteiger partial charge in [0.15, 0.2) is 0 Å². The van der Waals surface area contributed by atoms with E-state index in [1.807, 2.05) is 0 Å². The number of benzene rings is 1. The number of anilines is 1. The summed E-state index contributed by atoms with van der Waals surface area (Å²) in [7, 11) is -3.82. The second kappa shape index (κ2) is 6.07. The summed E-state index contributed by atoms with van der Waals surface area (Å²) >= 11 is 0. The minimum Gasteiger partial charge on any atom is -0.399 e. The van der Waals surface area contributed by atoms with Crippen LogP contribution in [-0.4, -0.2) is 39.5 Å². The molecule has 1 unspecified atom stereocenters. The number of nitrogens with zero attached hydrogens (tertiary/aromatic N) is 1. The van der Waals surface area contributed by atoms with E-state index < -0.39 is 15.8 Å². The van der Waals surface area contributed by atoms with Gasteiger partial charge >= 0.3 is 0 Å². The molecule has 20 heavy (non-hydrogen) atoms. The zero-order chi connectivity index (χ0) is 14.8. The molecule has 1 aliphatic rings. The Bertz CT molecular complexity index is 577. The Kier molecular flexibility index (Phi) is 4.62. The lowest BCUT2D eigenvalue weighted by Crippen LogP contribution is -2.31. The van der Waals surface area contributed by atoms with E-state index in [9.17, 15) is 12.8 Å². The Morgan fingerprint density at radius 2 is 2.25 bits per heavy atom. The third kappa shape index (κ3) is 3.47. The Morgan fingerprint density at radius 1 is 1.50 bits per heavy atom. The van der Waals surface area contributed by atoms with Crippen LogP contribution in [0.15, 0.2) is 23.1 Å². The van der Waals surface area contributed by atoms with Crippen LogP contribution < -0.4 is 10.5 Å². The topological polar surface area (TPSA) is 75.4 Å². The van der Waals surface area contributed by atoms with Crippen molar-refractivity contribution in [1.29, 1.82) is 0 Å². The van der Waals surface area contributed by atoms with Crippen molar-refractivity contribution >= 4 is 15.7 Å². The second-order valence-electron chi connectivity index (χ2n) is 5.09. The van der Waals surface area contributed by atoms with Crippen molar-refractivity contribution in [2.24, 2.45) is 5.92 Å². The summed E-state index contributed by atoms with van der Waals surface area (Å²) in [6.07, 6.45) is 0.959. The van der Waals surface area contributed by atoms with Crippen molar-refractivity contribution in [1.82, 2.24) is 9.62 Å². The zero-order valence-electron chi connectivity index (χ0n) is 11.5. The molecule has 7 heteroatoms. The molecule has 1 aromatic carbocycles. The lowest BCUT2D eigenvalue weighted by Gasteiger charge is -2.14. The maximum absolute atomic E-state index is 13.7. The van der Waals surface area contributed by atoms with Crippen LogP contribution >= 0.6 is 0 Å². The molecule has 1 fully saturated rings. The highest BCUT2D eigenvalue weighted by atomic mass is 32.2. The first-order valence-electron chi connectivity index (χ1n) is 6.69. The van der Waals surface area contributed by atoms with Crippen LogP contribution in [0.4, 0.5) is 10.1 Å². The Labute approximate surface area is 119 Å². The summed E-state index contributed by atoms with van der Waals surface area (Å²) in [6.45, 7) is 5.25. The summed E-state index contributed by atoms with van der Waals surface area (Å²) in [4.78, 5) is 1.92. The standard InChI is InChI=1S/C13H20FN3O2S/c1-2-17-6-5-10(9-17)8-16-20(18,19)13-4-3-11(15)7-12(13)14/h3-4,7,10,16H,2,5-6,8-9,15H2,1H3. The number of nitrogen functional groups attached to an aromatic ring is 1. The van der Waals surface area contributed by atoms with Gasteiger partial charge in [0.05, 0.1) is 0 Å². The van der Waals surface area contributed by atoms with Crippen LogP contribution in [0.1, 0.15) is 13.3 Å². The van der Waals surface area contributed by atoms with Crippen molar-refractivity contribution < 1.29 is 12.8 Å². The van der Waals surface area contributed by atoms with Crippen molar-refractivity contribution in [3.63, 3.8) is 0 Å². The van der Waals surface area contributed by atoms with Gasteiger partial charge in [-0.2, -0.15) is 0 Å². The highest BCUT2D eigenvalue weighted by Gasteiger charge is 2.24. The number of hydrogen-bond acceptors (Lipinski definition) is 4. The molecule has 2 rings (SSSR count). The van der Waals surface area contributed by atoms with E-state index in [1.54, 1.807) is 0 Å². The van der Waals surface area contributed by atoms with Gasteiger partial charge in [0, 0.05) is 18.8 Å². The average Bonchev–Trinajstić information content (AvgIpc) is 2.84. The van der Waals surface area contributed by atoms with Gasteiger partial charge < -0.3 is 10.6 Å². The van der Waals surface area contributed by atoms with Crippen LogP contribution in [0.5, 0.6) is 0 Å². The van der Waals surface area contributed by atoms with Crippen molar-refractivity contribution in [3.05, 3.63) is 24.0 Å². The van der Waals surface area contributed by atoms with E-state index in [0.717, 1.165) is 32.1 Å². The lowest BCUT2D eigenvalue weighted by molar-refractivity contribution is 0.342. The van der Waals surface area contributed by atoms with Gasteiger partial charge in [-0.1, -0.05) is 6.92 Å². The summed E-state index contributed by atoms with van der Waals surface area (Å²) in [5.74, 6) is -0.541. The molecule has 1 aromatic rings. The van der Waals surface area contributed by atoms with Gasteiger partial charge in [0.25, 0.3) is 0 Å². The number of likely N-dealkylation sites (tertiary alicyclic amines) is 1. The van der Waals surface area contributed by atoms with E-state index in [1.165, 1.54) is 12.1 Å². The molecule has 0 saturated carbocycles. The molecule has 5 nitrogen and oxygen atoms in total. The molecule has 0 aliphatic carbocycles. The molecular formula is C13H20FN3O2S. The van der Waals surface area contributed by atoms with Gasteiger partial charge in [-0.3, -0.25) is 0 Å². The Balaban J connectivity index is 2.01. The third-order valence-corrected chi connectivity index (χ3v) is 5.08. The first-order chi connectivity index (χ1) is 9.42. The van der Waals surface area contributed by atoms with Gasteiger partial charge in [-0.05, 0) is 43.6 Å². The maximum Gasteiger partial charge on any atom is 0.243 e. The van der Waals surface area contributed by atoms with Gasteiger partial charge in [0.2, 0.25) is 10.0 Å². The molecule has 0 spiro atoms. The highest BCUT2D eigenvalue weighted by Crippen LogP contribution is 2.19. The first-order valence-corrected chi connectivity index (χ1v) is 8.17. The largest absolute Gasteiger partial charge is 0.399 e. The molecule has 3 N–H and O–H groups in total. The maximum atomic E-state index is 13.7. The molecule has 1 saturated heterocycles. The molecule has 0 bridgehead atoms. The van der Waals surface area contributed by atoms with E-state index in [4.69, 9.17) is 5.73 Å². The minimum atomic E-state index is -3.82. The van der Waals surface area contributed by atoms with Crippen LogP contribution in [0.25, 0.3) is 0 Å². The highest BCUT2D eigenvalue weighted by molar-refractivity contribution is 7.89. The molecular weight excluding hydrogens is 281 g/mol. The van der Waals surface area contributed by atoms with Crippen LogP contribution in [0, 0.1) is 11.7 Å². The van der Waals surface area contributed by atoms with Crippen molar-refractivity contribution in [2.75, 3.05) is 31.9 Å². The Morgan fingerprint density at radius 3 is 2.85 bits per heavy atom. The number of rotatable bonds is 5. The molecule has 1 aliphatic heterocycles. The average molecular weight is 301 g/mol. The van der Waals surface area contributed by atoms with E-state index in [-0.39, 0.29) is 16.5 Å². The number of halogens is 1. The van der Waals surface area contributed by atoms with Gasteiger partial charge in [-0.15, -0.1) is 0 Å².